The number of nitrogens with one attached hydrogen (secondary N) is 1. The summed E-state index contributed by atoms with van der Waals surface area (Å²) in [6.45, 7) is 2.34. The Balaban J connectivity index is 1.60. The number of benzene rings is 3. The molecule has 0 fully saturated rings. The van der Waals surface area contributed by atoms with Gasteiger partial charge in [-0.3, -0.25) is 4.79 Å². The van der Waals surface area contributed by atoms with E-state index in [2.05, 4.69) is 36.5 Å². The molecular weight excluding hydrogens is 402 g/mol. The van der Waals surface area contributed by atoms with E-state index < -0.39 is 0 Å². The zero-order chi connectivity index (χ0) is 21.7. The van der Waals surface area contributed by atoms with Gasteiger partial charge in [0, 0.05) is 11.1 Å². The second-order valence-corrected chi connectivity index (χ2v) is 7.89. The molecule has 2 aliphatic rings. The molecule has 0 radical (unpaired) electrons. The van der Waals surface area contributed by atoms with Crippen LogP contribution < -0.4 is 14.8 Å². The molecule has 4 aromatic rings. The van der Waals surface area contributed by atoms with Gasteiger partial charge in [0.25, 0.3) is 5.91 Å². The third-order valence-electron chi connectivity index (χ3n) is 6.08. The molecule has 1 atom stereocenters. The summed E-state index contributed by atoms with van der Waals surface area (Å²) in [5, 5.41) is 7.94. The third kappa shape index (κ3) is 2.80. The molecule has 6 rings (SSSR count). The van der Waals surface area contributed by atoms with E-state index in [-0.39, 0.29) is 18.7 Å². The van der Waals surface area contributed by atoms with Crippen molar-refractivity contribution in [3.05, 3.63) is 95.2 Å². The molecule has 0 aliphatic carbocycles. The van der Waals surface area contributed by atoms with Crippen molar-refractivity contribution in [2.45, 2.75) is 19.4 Å². The van der Waals surface area contributed by atoms with E-state index in [1.807, 2.05) is 53.2 Å². The summed E-state index contributed by atoms with van der Waals surface area (Å²) in [5.41, 5.74) is 6.36. The van der Waals surface area contributed by atoms with Crippen molar-refractivity contribution in [3.63, 3.8) is 0 Å². The molecule has 6 heteroatoms. The van der Waals surface area contributed by atoms with Gasteiger partial charge in [-0.1, -0.05) is 61.5 Å². The van der Waals surface area contributed by atoms with Gasteiger partial charge in [0.15, 0.2) is 17.2 Å². The number of aromatic nitrogens is 2. The van der Waals surface area contributed by atoms with E-state index in [0.29, 0.717) is 17.2 Å². The fourth-order valence-corrected chi connectivity index (χ4v) is 4.55. The first-order chi connectivity index (χ1) is 15.7. The highest BCUT2D eigenvalue weighted by atomic mass is 16.7. The summed E-state index contributed by atoms with van der Waals surface area (Å²) < 4.78 is 13.0. The molecule has 1 amide bonds. The maximum atomic E-state index is 13.0. The van der Waals surface area contributed by atoms with E-state index >= 15 is 0 Å². The highest BCUT2D eigenvalue weighted by Crippen LogP contribution is 2.42. The van der Waals surface area contributed by atoms with E-state index in [4.69, 9.17) is 14.6 Å². The Kier molecular flexibility index (Phi) is 4.24. The van der Waals surface area contributed by atoms with Crippen LogP contribution in [0.15, 0.2) is 72.8 Å². The average molecular weight is 423 g/mol. The monoisotopic (exact) mass is 423 g/mol. The highest BCUT2D eigenvalue weighted by Gasteiger charge is 2.38. The van der Waals surface area contributed by atoms with E-state index in [9.17, 15) is 4.79 Å². The highest BCUT2D eigenvalue weighted by molar-refractivity contribution is 6.00. The number of nitrogens with zero attached hydrogens (tertiary/aromatic N) is 2. The number of fused-ring (bicyclic) bond motifs is 2. The topological polar surface area (TPSA) is 65.4 Å². The number of aryl methyl sites for hydroxylation is 1. The fraction of sp³-hybridized carbons (Fsp3) is 0.154. The standard InChI is InChI=1S/C26H21N3O3/c1-2-16-8-6-7-11-19(16)29-25(17-9-4-3-5-10-17)22-23(27-26(30)24(22)28-29)18-12-13-20-21(14-18)32-15-31-20/h3-14,23H,2,15H2,1H3,(H,27,30). The van der Waals surface area contributed by atoms with Crippen LogP contribution in [0.2, 0.25) is 0 Å². The molecule has 3 aromatic carbocycles. The van der Waals surface area contributed by atoms with Crippen LogP contribution in [0.5, 0.6) is 11.5 Å². The van der Waals surface area contributed by atoms with Crippen molar-refractivity contribution < 1.29 is 14.3 Å². The van der Waals surface area contributed by atoms with Crippen LogP contribution >= 0.6 is 0 Å². The number of hydrogen-bond acceptors (Lipinski definition) is 4. The quantitative estimate of drug-likeness (QED) is 0.518. The number of rotatable bonds is 4. The summed E-state index contributed by atoms with van der Waals surface area (Å²) in [6.07, 6.45) is 0.868. The van der Waals surface area contributed by atoms with Gasteiger partial charge in [0.2, 0.25) is 6.79 Å². The molecule has 0 bridgehead atoms. The van der Waals surface area contributed by atoms with Crippen LogP contribution in [-0.4, -0.2) is 22.5 Å². The Morgan fingerprint density at radius 1 is 1.00 bits per heavy atom. The molecule has 158 valence electrons. The van der Waals surface area contributed by atoms with Gasteiger partial charge in [0.1, 0.15) is 0 Å². The number of ether oxygens (including phenoxy) is 2. The van der Waals surface area contributed by atoms with Crippen LogP contribution in [0.3, 0.4) is 0 Å². The van der Waals surface area contributed by atoms with Crippen molar-refractivity contribution in [1.29, 1.82) is 0 Å². The van der Waals surface area contributed by atoms with Crippen LogP contribution in [0.25, 0.3) is 16.9 Å². The van der Waals surface area contributed by atoms with Crippen LogP contribution in [0.4, 0.5) is 0 Å². The normalized spacial score (nSPS) is 16.2. The van der Waals surface area contributed by atoms with Crippen molar-refractivity contribution in [2.24, 2.45) is 0 Å². The summed E-state index contributed by atoms with van der Waals surface area (Å²) >= 11 is 0. The predicted octanol–water partition coefficient (Wildman–Crippen LogP) is 4.66. The number of hydrogen-bond donors (Lipinski definition) is 1. The number of amides is 1. The lowest BCUT2D eigenvalue weighted by molar-refractivity contribution is 0.0955. The first-order valence-corrected chi connectivity index (χ1v) is 10.7. The van der Waals surface area contributed by atoms with Crippen LogP contribution in [0.1, 0.15) is 40.1 Å². The largest absolute Gasteiger partial charge is 0.454 e. The van der Waals surface area contributed by atoms with Gasteiger partial charge in [-0.15, -0.1) is 0 Å². The Bertz CT molecular complexity index is 1340. The van der Waals surface area contributed by atoms with Gasteiger partial charge >= 0.3 is 0 Å². The third-order valence-corrected chi connectivity index (χ3v) is 6.08. The fourth-order valence-electron chi connectivity index (χ4n) is 4.55. The summed E-state index contributed by atoms with van der Waals surface area (Å²) in [5.74, 6) is 1.23. The van der Waals surface area contributed by atoms with Crippen LogP contribution in [0, 0.1) is 0 Å². The molecule has 1 aromatic heterocycles. The van der Waals surface area contributed by atoms with Crippen LogP contribution in [-0.2, 0) is 6.42 Å². The Labute approximate surface area is 185 Å². The Morgan fingerprint density at radius 2 is 1.78 bits per heavy atom. The number of carbonyl (C=O) groups is 1. The lowest BCUT2D eigenvalue weighted by Crippen LogP contribution is -2.22. The second kappa shape index (κ2) is 7.27. The van der Waals surface area contributed by atoms with Crippen molar-refractivity contribution in [2.75, 3.05) is 6.79 Å². The van der Waals surface area contributed by atoms with E-state index in [1.165, 1.54) is 5.56 Å². The van der Waals surface area contributed by atoms with E-state index in [0.717, 1.165) is 34.5 Å². The summed E-state index contributed by atoms with van der Waals surface area (Å²) in [4.78, 5) is 13.0. The molecular formula is C26H21N3O3. The first kappa shape index (κ1) is 18.7. The maximum Gasteiger partial charge on any atom is 0.272 e. The molecule has 1 N–H and O–H groups in total. The molecule has 0 saturated carbocycles. The Morgan fingerprint density at radius 3 is 2.62 bits per heavy atom. The van der Waals surface area contributed by atoms with Gasteiger partial charge in [-0.2, -0.15) is 5.10 Å². The number of carbonyl (C=O) groups excluding carboxylic acids is 1. The lowest BCUT2D eigenvalue weighted by atomic mass is 9.96. The second-order valence-electron chi connectivity index (χ2n) is 7.89. The maximum absolute atomic E-state index is 13.0. The summed E-state index contributed by atoms with van der Waals surface area (Å²) in [6, 6.07) is 23.8. The predicted molar refractivity (Wildman–Crippen MR) is 120 cm³/mol. The smallest absolute Gasteiger partial charge is 0.272 e. The molecule has 2 aliphatic heterocycles. The minimum absolute atomic E-state index is 0.174. The zero-order valence-electron chi connectivity index (χ0n) is 17.5. The zero-order valence-corrected chi connectivity index (χ0v) is 17.5. The minimum Gasteiger partial charge on any atom is -0.454 e. The molecule has 32 heavy (non-hydrogen) atoms. The van der Waals surface area contributed by atoms with Gasteiger partial charge in [0.05, 0.1) is 17.4 Å². The lowest BCUT2D eigenvalue weighted by Gasteiger charge is -2.18. The first-order valence-electron chi connectivity index (χ1n) is 10.7. The summed E-state index contributed by atoms with van der Waals surface area (Å²) in [7, 11) is 0. The van der Waals surface area contributed by atoms with Crippen molar-refractivity contribution >= 4 is 5.91 Å². The molecule has 0 saturated heterocycles. The molecule has 6 nitrogen and oxygen atoms in total. The average Bonchev–Trinajstić information content (AvgIpc) is 3.54. The van der Waals surface area contributed by atoms with Gasteiger partial charge in [-0.25, -0.2) is 4.68 Å². The van der Waals surface area contributed by atoms with Gasteiger partial charge < -0.3 is 14.8 Å². The van der Waals surface area contributed by atoms with E-state index in [1.54, 1.807) is 0 Å². The van der Waals surface area contributed by atoms with Crippen molar-refractivity contribution in [3.8, 4) is 28.4 Å². The van der Waals surface area contributed by atoms with Gasteiger partial charge in [-0.05, 0) is 35.7 Å². The molecule has 0 spiro atoms. The number of para-hydroxylation sites is 1. The Hall–Kier alpha value is -4.06. The minimum atomic E-state index is -0.329. The SMILES string of the molecule is CCc1ccccc1-n1nc2c(c1-c1ccccc1)C(c1ccc3c(c1)OCO3)NC2=O. The van der Waals surface area contributed by atoms with Crippen molar-refractivity contribution in [1.82, 2.24) is 15.1 Å². The molecule has 3 heterocycles. The molecule has 1 unspecified atom stereocenters.